The molecule has 0 radical (unpaired) electrons. The topological polar surface area (TPSA) is 80.1 Å². The Hall–Kier alpha value is -2.11. The summed E-state index contributed by atoms with van der Waals surface area (Å²) in [6, 6.07) is 0. The van der Waals surface area contributed by atoms with Crippen molar-refractivity contribution in [2.45, 2.75) is 0 Å². The number of nitrogens with zero attached hydrogens (tertiary/aromatic N) is 4. The predicted octanol–water partition coefficient (Wildman–Crippen LogP) is -2.24. The summed E-state index contributed by atoms with van der Waals surface area (Å²) >= 11 is 0. The molecular weight excluding hydrogens is 182 g/mol. The van der Waals surface area contributed by atoms with Crippen molar-refractivity contribution in [2.75, 3.05) is 6.54 Å². The minimum absolute atomic E-state index is 0.00250. The highest BCUT2D eigenvalue weighted by Crippen LogP contribution is 2.07. The van der Waals surface area contributed by atoms with Crippen LogP contribution in [0.3, 0.4) is 0 Å². The molecule has 14 heavy (non-hydrogen) atoms. The van der Waals surface area contributed by atoms with Gasteiger partial charge in [-0.2, -0.15) is 5.10 Å². The average Bonchev–Trinajstić information content (AvgIpc) is 2.54. The number of ketones is 1. The summed E-state index contributed by atoms with van der Waals surface area (Å²) < 4.78 is 0. The van der Waals surface area contributed by atoms with Crippen molar-refractivity contribution in [2.24, 2.45) is 5.10 Å². The van der Waals surface area contributed by atoms with Gasteiger partial charge in [0.05, 0.1) is 17.5 Å². The van der Waals surface area contributed by atoms with E-state index in [4.69, 9.17) is 0 Å². The molecule has 0 saturated heterocycles. The Morgan fingerprint density at radius 2 is 2.21 bits per heavy atom. The van der Waals surface area contributed by atoms with Gasteiger partial charge in [0, 0.05) is 5.57 Å². The number of Topliss-reactive ketones (excluding diaryl/α,β-unsaturated/α-hetero) is 1. The van der Waals surface area contributed by atoms with Crippen LogP contribution in [-0.4, -0.2) is 27.7 Å². The Kier molecular flexibility index (Phi) is 1.27. The fraction of sp³-hybridized carbons (Fsp3) is 0.125. The lowest BCUT2D eigenvalue weighted by molar-refractivity contribution is -0.112. The van der Waals surface area contributed by atoms with Gasteiger partial charge in [-0.1, -0.05) is 0 Å². The molecule has 0 amide bonds. The van der Waals surface area contributed by atoms with Crippen LogP contribution in [0.15, 0.2) is 11.2 Å². The number of carbonyl (C=O) groups is 1. The van der Waals surface area contributed by atoms with E-state index < -0.39 is 0 Å². The molecule has 1 N–H and O–H groups in total. The maximum Gasteiger partial charge on any atom is 0.205 e. The monoisotopic (exact) mass is 187 g/mol. The lowest BCUT2D eigenvalue weighted by atomic mass is 10.1. The number of allylic oxidation sites excluding steroid dienone is 1. The third-order valence-corrected chi connectivity index (χ3v) is 2.17. The second kappa shape index (κ2) is 2.44. The molecular formula is C8H5N5O. The van der Waals surface area contributed by atoms with E-state index in [1.165, 1.54) is 0 Å². The summed E-state index contributed by atoms with van der Waals surface area (Å²) in [6.45, 7) is 0.190. The van der Waals surface area contributed by atoms with Crippen molar-refractivity contribution in [1.29, 1.82) is 0 Å². The van der Waals surface area contributed by atoms with Crippen LogP contribution in [0.5, 0.6) is 0 Å². The van der Waals surface area contributed by atoms with Crippen LogP contribution in [0.2, 0.25) is 0 Å². The normalized spacial score (nSPS) is 17.1. The minimum atomic E-state index is -0.00250. The average molecular weight is 187 g/mol. The Balaban J connectivity index is 2.55. The van der Waals surface area contributed by atoms with Gasteiger partial charge in [-0.3, -0.25) is 4.79 Å². The van der Waals surface area contributed by atoms with Crippen molar-refractivity contribution in [3.63, 3.8) is 0 Å². The zero-order valence-corrected chi connectivity index (χ0v) is 7.06. The SMILES string of the molecule is O=C1CNN=c2nnnc3c2=C1C=C3. The van der Waals surface area contributed by atoms with E-state index in [9.17, 15) is 4.79 Å². The lowest BCUT2D eigenvalue weighted by Crippen LogP contribution is -2.34. The molecule has 2 aliphatic rings. The Bertz CT molecular complexity index is 574. The van der Waals surface area contributed by atoms with Crippen molar-refractivity contribution in [3.8, 4) is 0 Å². The number of aromatic nitrogens is 3. The number of rotatable bonds is 0. The zero-order chi connectivity index (χ0) is 9.54. The molecule has 0 spiro atoms. The van der Waals surface area contributed by atoms with Crippen molar-refractivity contribution < 1.29 is 4.79 Å². The van der Waals surface area contributed by atoms with Gasteiger partial charge < -0.3 is 5.43 Å². The third-order valence-electron chi connectivity index (χ3n) is 2.17. The Morgan fingerprint density at radius 1 is 1.29 bits per heavy atom. The molecule has 0 atom stereocenters. The molecule has 1 aromatic rings. The van der Waals surface area contributed by atoms with Gasteiger partial charge in [-0.25, -0.2) is 0 Å². The standard InChI is InChI=1S/C8H5N5O/c14-6-3-9-11-8-7-4(6)1-2-5(7)10-13-12-8/h1-2,9H,3H2. The van der Waals surface area contributed by atoms with Gasteiger partial charge in [0.1, 0.15) is 0 Å². The van der Waals surface area contributed by atoms with E-state index in [0.717, 1.165) is 0 Å². The van der Waals surface area contributed by atoms with Gasteiger partial charge >= 0.3 is 0 Å². The molecule has 0 saturated carbocycles. The van der Waals surface area contributed by atoms with Crippen LogP contribution < -0.4 is 16.1 Å². The fourth-order valence-electron chi connectivity index (χ4n) is 1.54. The molecule has 68 valence electrons. The molecule has 1 aromatic heterocycles. The van der Waals surface area contributed by atoms with Crippen LogP contribution >= 0.6 is 0 Å². The summed E-state index contributed by atoms with van der Waals surface area (Å²) in [5.41, 5.74) is 4.34. The van der Waals surface area contributed by atoms with E-state index >= 15 is 0 Å². The summed E-state index contributed by atoms with van der Waals surface area (Å²) in [4.78, 5) is 11.6. The van der Waals surface area contributed by atoms with Crippen molar-refractivity contribution in [3.05, 3.63) is 22.5 Å². The Morgan fingerprint density at radius 3 is 3.14 bits per heavy atom. The van der Waals surface area contributed by atoms with Crippen molar-refractivity contribution in [1.82, 2.24) is 20.8 Å². The minimum Gasteiger partial charge on any atom is -0.300 e. The van der Waals surface area contributed by atoms with E-state index in [0.29, 0.717) is 22.0 Å². The second-order valence-electron chi connectivity index (χ2n) is 2.99. The number of hydrogen-bond acceptors (Lipinski definition) is 6. The molecule has 1 aliphatic heterocycles. The van der Waals surface area contributed by atoms with E-state index in [1.807, 2.05) is 0 Å². The van der Waals surface area contributed by atoms with Gasteiger partial charge in [0.2, 0.25) is 5.49 Å². The van der Waals surface area contributed by atoms with Crippen LogP contribution in [0.1, 0.15) is 5.69 Å². The van der Waals surface area contributed by atoms with Gasteiger partial charge in [0.25, 0.3) is 0 Å². The quantitative estimate of drug-likeness (QED) is 0.496. The number of nitrogens with one attached hydrogen (secondary N) is 1. The van der Waals surface area contributed by atoms with E-state index in [2.05, 4.69) is 25.9 Å². The maximum atomic E-state index is 11.6. The molecule has 0 fully saturated rings. The first-order chi connectivity index (χ1) is 6.86. The highest BCUT2D eigenvalue weighted by Gasteiger charge is 2.18. The van der Waals surface area contributed by atoms with Crippen LogP contribution in [-0.2, 0) is 4.79 Å². The first-order valence-corrected chi connectivity index (χ1v) is 4.12. The molecule has 1 aliphatic carbocycles. The fourth-order valence-corrected chi connectivity index (χ4v) is 1.54. The summed E-state index contributed by atoms with van der Waals surface area (Å²) in [7, 11) is 0. The molecule has 3 rings (SSSR count). The third kappa shape index (κ3) is 0.819. The molecule has 2 heterocycles. The molecule has 0 bridgehead atoms. The smallest absolute Gasteiger partial charge is 0.205 e. The summed E-state index contributed by atoms with van der Waals surface area (Å²) in [5, 5.41) is 15.8. The van der Waals surface area contributed by atoms with Gasteiger partial charge in [-0.05, 0) is 17.4 Å². The maximum absolute atomic E-state index is 11.6. The van der Waals surface area contributed by atoms with E-state index in [-0.39, 0.29) is 12.3 Å². The van der Waals surface area contributed by atoms with Gasteiger partial charge in [-0.15, -0.1) is 10.2 Å². The van der Waals surface area contributed by atoms with Crippen LogP contribution in [0.4, 0.5) is 0 Å². The first kappa shape index (κ1) is 7.31. The molecule has 6 nitrogen and oxygen atoms in total. The number of hydrogen-bond donors (Lipinski definition) is 1. The highest BCUT2D eigenvalue weighted by molar-refractivity contribution is 6.21. The molecule has 0 unspecified atom stereocenters. The van der Waals surface area contributed by atoms with E-state index in [1.54, 1.807) is 12.2 Å². The van der Waals surface area contributed by atoms with Crippen LogP contribution in [0, 0.1) is 0 Å². The Labute approximate surface area is 78.0 Å². The van der Waals surface area contributed by atoms with Crippen LogP contribution in [0.25, 0.3) is 11.6 Å². The largest absolute Gasteiger partial charge is 0.300 e. The van der Waals surface area contributed by atoms with Crippen molar-refractivity contribution >= 4 is 17.4 Å². The molecule has 6 heteroatoms. The molecule has 0 aromatic carbocycles. The zero-order valence-electron chi connectivity index (χ0n) is 7.06. The number of carbonyl (C=O) groups excluding carboxylic acids is 1. The summed E-state index contributed by atoms with van der Waals surface area (Å²) in [5.74, 6) is -0.00250. The predicted molar refractivity (Wildman–Crippen MR) is 46.1 cm³/mol. The summed E-state index contributed by atoms with van der Waals surface area (Å²) in [6.07, 6.45) is 3.48. The highest BCUT2D eigenvalue weighted by atomic mass is 16.1. The van der Waals surface area contributed by atoms with Gasteiger partial charge in [0.15, 0.2) is 5.78 Å². The second-order valence-corrected chi connectivity index (χ2v) is 2.99. The lowest BCUT2D eigenvalue weighted by Gasteiger charge is -1.94. The first-order valence-electron chi connectivity index (χ1n) is 4.12.